The SMILES string of the molecule is CC(C)C(NC(=O)NCC1CCC(=O)N1)C(=O)O. The number of nitrogens with one attached hydrogen (secondary N) is 3. The molecule has 0 radical (unpaired) electrons. The van der Waals surface area contributed by atoms with E-state index >= 15 is 0 Å². The molecule has 3 amide bonds. The van der Waals surface area contributed by atoms with Crippen molar-refractivity contribution < 1.29 is 19.5 Å². The maximum absolute atomic E-state index is 11.5. The molecule has 0 spiro atoms. The van der Waals surface area contributed by atoms with E-state index in [1.807, 2.05) is 0 Å². The summed E-state index contributed by atoms with van der Waals surface area (Å²) >= 11 is 0. The zero-order chi connectivity index (χ0) is 13.7. The standard InChI is InChI=1S/C11H19N3O4/c1-6(2)9(10(16)17)14-11(18)12-5-7-3-4-8(15)13-7/h6-7,9H,3-5H2,1-2H3,(H,13,15)(H,16,17)(H2,12,14,18). The number of carboxylic acids is 1. The second kappa shape index (κ2) is 6.23. The van der Waals surface area contributed by atoms with Crippen molar-refractivity contribution in [1.82, 2.24) is 16.0 Å². The van der Waals surface area contributed by atoms with Gasteiger partial charge in [-0.25, -0.2) is 9.59 Å². The zero-order valence-corrected chi connectivity index (χ0v) is 10.5. The Morgan fingerprint density at radius 2 is 2.17 bits per heavy atom. The molecule has 2 atom stereocenters. The van der Waals surface area contributed by atoms with Crippen LogP contribution < -0.4 is 16.0 Å². The summed E-state index contributed by atoms with van der Waals surface area (Å²) in [6.07, 6.45) is 1.16. The molecule has 18 heavy (non-hydrogen) atoms. The number of rotatable bonds is 5. The van der Waals surface area contributed by atoms with Crippen LogP contribution in [0.3, 0.4) is 0 Å². The maximum atomic E-state index is 11.5. The molecule has 1 aliphatic rings. The van der Waals surface area contributed by atoms with Gasteiger partial charge in [0.1, 0.15) is 6.04 Å². The van der Waals surface area contributed by atoms with Gasteiger partial charge < -0.3 is 21.1 Å². The van der Waals surface area contributed by atoms with Crippen molar-refractivity contribution in [2.75, 3.05) is 6.54 Å². The molecule has 0 aromatic heterocycles. The van der Waals surface area contributed by atoms with Gasteiger partial charge in [0.05, 0.1) is 0 Å². The first-order valence-corrected chi connectivity index (χ1v) is 5.96. The quantitative estimate of drug-likeness (QED) is 0.541. The van der Waals surface area contributed by atoms with Crippen LogP contribution in [0, 0.1) is 5.92 Å². The number of hydrogen-bond donors (Lipinski definition) is 4. The minimum atomic E-state index is -1.06. The van der Waals surface area contributed by atoms with Gasteiger partial charge in [-0.3, -0.25) is 4.79 Å². The van der Waals surface area contributed by atoms with Crippen molar-refractivity contribution in [2.45, 2.75) is 38.8 Å². The number of carbonyl (C=O) groups is 3. The Morgan fingerprint density at radius 1 is 1.50 bits per heavy atom. The van der Waals surface area contributed by atoms with E-state index in [2.05, 4.69) is 16.0 Å². The highest BCUT2D eigenvalue weighted by molar-refractivity contribution is 5.83. The summed E-state index contributed by atoms with van der Waals surface area (Å²) in [4.78, 5) is 33.3. The van der Waals surface area contributed by atoms with Gasteiger partial charge in [0.2, 0.25) is 5.91 Å². The van der Waals surface area contributed by atoms with Gasteiger partial charge in [0, 0.05) is 19.0 Å². The fraction of sp³-hybridized carbons (Fsp3) is 0.727. The summed E-state index contributed by atoms with van der Waals surface area (Å²) in [5.41, 5.74) is 0. The number of amides is 3. The summed E-state index contributed by atoms with van der Waals surface area (Å²) < 4.78 is 0. The van der Waals surface area contributed by atoms with Crippen molar-refractivity contribution in [3.05, 3.63) is 0 Å². The molecule has 1 saturated heterocycles. The molecule has 2 unspecified atom stereocenters. The highest BCUT2D eigenvalue weighted by atomic mass is 16.4. The Labute approximate surface area is 105 Å². The normalized spacial score (nSPS) is 20.4. The van der Waals surface area contributed by atoms with Crippen LogP contribution in [-0.2, 0) is 9.59 Å². The van der Waals surface area contributed by atoms with Crippen LogP contribution in [0.15, 0.2) is 0 Å². The third kappa shape index (κ3) is 4.23. The lowest BCUT2D eigenvalue weighted by molar-refractivity contribution is -0.140. The monoisotopic (exact) mass is 257 g/mol. The smallest absolute Gasteiger partial charge is 0.326 e. The van der Waals surface area contributed by atoms with Crippen LogP contribution in [0.5, 0.6) is 0 Å². The van der Waals surface area contributed by atoms with E-state index in [0.717, 1.165) is 0 Å². The molecular weight excluding hydrogens is 238 g/mol. The first kappa shape index (κ1) is 14.3. The van der Waals surface area contributed by atoms with E-state index < -0.39 is 18.0 Å². The summed E-state index contributed by atoms with van der Waals surface area (Å²) in [7, 11) is 0. The third-order valence-electron chi connectivity index (χ3n) is 2.81. The van der Waals surface area contributed by atoms with E-state index in [9.17, 15) is 14.4 Å². The Balaban J connectivity index is 2.32. The molecule has 7 heteroatoms. The number of hydrogen-bond acceptors (Lipinski definition) is 3. The van der Waals surface area contributed by atoms with Crippen LogP contribution in [0.2, 0.25) is 0 Å². The first-order chi connectivity index (χ1) is 8.40. The van der Waals surface area contributed by atoms with Crippen molar-refractivity contribution in [1.29, 1.82) is 0 Å². The lowest BCUT2D eigenvalue weighted by Gasteiger charge is -2.19. The number of urea groups is 1. The van der Waals surface area contributed by atoms with Gasteiger partial charge in [0.15, 0.2) is 0 Å². The second-order valence-corrected chi connectivity index (χ2v) is 4.72. The van der Waals surface area contributed by atoms with Gasteiger partial charge in [0.25, 0.3) is 0 Å². The molecule has 1 aliphatic heterocycles. The topological polar surface area (TPSA) is 108 Å². The molecule has 4 N–H and O–H groups in total. The molecule has 1 fully saturated rings. The predicted molar refractivity (Wildman–Crippen MR) is 64.0 cm³/mol. The van der Waals surface area contributed by atoms with E-state index in [-0.39, 0.29) is 17.9 Å². The van der Waals surface area contributed by atoms with E-state index in [4.69, 9.17) is 5.11 Å². The second-order valence-electron chi connectivity index (χ2n) is 4.72. The Hall–Kier alpha value is -1.79. The lowest BCUT2D eigenvalue weighted by atomic mass is 10.1. The lowest BCUT2D eigenvalue weighted by Crippen LogP contribution is -2.50. The number of aliphatic carboxylic acids is 1. The molecule has 0 aromatic rings. The average molecular weight is 257 g/mol. The maximum Gasteiger partial charge on any atom is 0.326 e. The minimum absolute atomic E-state index is 0.0206. The molecule has 0 aliphatic carbocycles. The van der Waals surface area contributed by atoms with Crippen LogP contribution in [0.4, 0.5) is 4.79 Å². The van der Waals surface area contributed by atoms with Gasteiger partial charge >= 0.3 is 12.0 Å². The average Bonchev–Trinajstić information content (AvgIpc) is 2.68. The Morgan fingerprint density at radius 3 is 2.61 bits per heavy atom. The zero-order valence-electron chi connectivity index (χ0n) is 10.5. The van der Waals surface area contributed by atoms with Gasteiger partial charge in [-0.1, -0.05) is 13.8 Å². The minimum Gasteiger partial charge on any atom is -0.480 e. The van der Waals surface area contributed by atoms with Crippen molar-refractivity contribution in [3.8, 4) is 0 Å². The molecule has 1 heterocycles. The largest absolute Gasteiger partial charge is 0.480 e. The highest BCUT2D eigenvalue weighted by Crippen LogP contribution is 2.05. The molecule has 7 nitrogen and oxygen atoms in total. The Kier molecular flexibility index (Phi) is 4.94. The van der Waals surface area contributed by atoms with Gasteiger partial charge in [-0.15, -0.1) is 0 Å². The first-order valence-electron chi connectivity index (χ1n) is 5.96. The third-order valence-corrected chi connectivity index (χ3v) is 2.81. The number of carbonyl (C=O) groups excluding carboxylic acids is 2. The summed E-state index contributed by atoms with van der Waals surface area (Å²) in [5, 5.41) is 16.6. The van der Waals surface area contributed by atoms with Crippen LogP contribution >= 0.6 is 0 Å². The molecule has 1 rings (SSSR count). The summed E-state index contributed by atoms with van der Waals surface area (Å²) in [5.74, 6) is -1.28. The van der Waals surface area contributed by atoms with Gasteiger partial charge in [-0.05, 0) is 12.3 Å². The molecule has 0 bridgehead atoms. The highest BCUT2D eigenvalue weighted by Gasteiger charge is 2.25. The van der Waals surface area contributed by atoms with Gasteiger partial charge in [-0.2, -0.15) is 0 Å². The van der Waals surface area contributed by atoms with E-state index in [1.54, 1.807) is 13.8 Å². The molecule has 0 saturated carbocycles. The molecule has 0 aromatic carbocycles. The Bertz CT molecular complexity index is 343. The van der Waals surface area contributed by atoms with Crippen LogP contribution in [0.25, 0.3) is 0 Å². The van der Waals surface area contributed by atoms with Crippen molar-refractivity contribution >= 4 is 17.9 Å². The molecule has 102 valence electrons. The van der Waals surface area contributed by atoms with Crippen LogP contribution in [-0.4, -0.2) is 41.6 Å². The van der Waals surface area contributed by atoms with E-state index in [1.165, 1.54) is 0 Å². The van der Waals surface area contributed by atoms with Crippen molar-refractivity contribution in [2.24, 2.45) is 5.92 Å². The predicted octanol–water partition coefficient (Wildman–Crippen LogP) is -0.327. The molecular formula is C11H19N3O4. The van der Waals surface area contributed by atoms with Crippen LogP contribution in [0.1, 0.15) is 26.7 Å². The summed E-state index contributed by atoms with van der Waals surface area (Å²) in [6.45, 7) is 3.74. The number of carboxylic acid groups (broad SMARTS) is 1. The van der Waals surface area contributed by atoms with E-state index in [0.29, 0.717) is 19.4 Å². The van der Waals surface area contributed by atoms with Crippen molar-refractivity contribution in [3.63, 3.8) is 0 Å². The fourth-order valence-corrected chi connectivity index (χ4v) is 1.75. The fourth-order valence-electron chi connectivity index (χ4n) is 1.75. The summed E-state index contributed by atoms with van der Waals surface area (Å²) in [6, 6.07) is -1.51.